The summed E-state index contributed by atoms with van der Waals surface area (Å²) in [6.07, 6.45) is 0.582. The van der Waals surface area contributed by atoms with Crippen LogP contribution in [-0.4, -0.2) is 23.9 Å². The van der Waals surface area contributed by atoms with Crippen molar-refractivity contribution < 1.29 is 32.2 Å². The number of hydrogen-bond donors (Lipinski definition) is 0. The second-order valence-corrected chi connectivity index (χ2v) is 4.50. The molecule has 0 saturated carbocycles. The number of oxazole rings is 1. The van der Waals surface area contributed by atoms with Gasteiger partial charge in [0.25, 0.3) is 0 Å². The lowest BCUT2D eigenvalue weighted by Gasteiger charge is -2.04. The topological polar surface area (TPSA) is 70.8 Å². The van der Waals surface area contributed by atoms with Crippen LogP contribution in [0.3, 0.4) is 0 Å². The molecular formula is C15H11F2NO5. The van der Waals surface area contributed by atoms with Crippen LogP contribution in [0.25, 0.3) is 12.2 Å². The smallest absolute Gasteiger partial charge is 0.461 e. The Balaban J connectivity index is 1.73. The van der Waals surface area contributed by atoms with Crippen LogP contribution in [0.2, 0.25) is 0 Å². The Hall–Kier alpha value is -2.90. The molecule has 1 aliphatic heterocycles. The number of halogens is 2. The summed E-state index contributed by atoms with van der Waals surface area (Å²) in [5, 5.41) is 0. The third-order valence-corrected chi connectivity index (χ3v) is 2.85. The predicted octanol–water partition coefficient (Wildman–Crippen LogP) is 3.34. The molecule has 120 valence electrons. The molecule has 0 radical (unpaired) electrons. The van der Waals surface area contributed by atoms with Crippen molar-refractivity contribution in [3.63, 3.8) is 0 Å². The first-order valence-corrected chi connectivity index (χ1v) is 6.67. The van der Waals surface area contributed by atoms with Gasteiger partial charge in [0.2, 0.25) is 5.89 Å². The highest BCUT2D eigenvalue weighted by molar-refractivity contribution is 5.87. The molecule has 0 N–H and O–H groups in total. The minimum atomic E-state index is -3.65. The van der Waals surface area contributed by atoms with Gasteiger partial charge < -0.3 is 18.6 Å². The maximum Gasteiger partial charge on any atom is 0.586 e. The van der Waals surface area contributed by atoms with Gasteiger partial charge in [-0.2, -0.15) is 0 Å². The standard InChI is InChI=1S/C15H11F2NO5/c1-2-20-14(19)10-8-21-13(18-10)6-4-9-3-5-11-12(7-9)23-15(16,17)22-11/h3-8H,2H2,1H3/b6-4+. The highest BCUT2D eigenvalue weighted by atomic mass is 19.3. The molecule has 0 bridgehead atoms. The van der Waals surface area contributed by atoms with E-state index in [-0.39, 0.29) is 29.7 Å². The largest absolute Gasteiger partial charge is 0.586 e. The molecular weight excluding hydrogens is 312 g/mol. The molecule has 23 heavy (non-hydrogen) atoms. The summed E-state index contributed by atoms with van der Waals surface area (Å²) in [6.45, 7) is 1.92. The third kappa shape index (κ3) is 3.31. The van der Waals surface area contributed by atoms with Crippen LogP contribution in [0.15, 0.2) is 28.9 Å². The van der Waals surface area contributed by atoms with Crippen molar-refractivity contribution >= 4 is 18.1 Å². The van der Waals surface area contributed by atoms with E-state index in [1.807, 2.05) is 0 Å². The van der Waals surface area contributed by atoms with E-state index in [9.17, 15) is 13.6 Å². The van der Waals surface area contributed by atoms with Gasteiger partial charge in [0, 0.05) is 6.08 Å². The quantitative estimate of drug-likeness (QED) is 0.804. The number of aromatic nitrogens is 1. The minimum absolute atomic E-state index is 0.0344. The molecule has 3 rings (SSSR count). The van der Waals surface area contributed by atoms with E-state index >= 15 is 0 Å². The van der Waals surface area contributed by atoms with Gasteiger partial charge in [-0.05, 0) is 30.7 Å². The summed E-state index contributed by atoms with van der Waals surface area (Å²) < 4.78 is 44.4. The van der Waals surface area contributed by atoms with Crippen LogP contribution in [0.5, 0.6) is 11.5 Å². The van der Waals surface area contributed by atoms with Gasteiger partial charge in [0.05, 0.1) is 6.61 Å². The second-order valence-electron chi connectivity index (χ2n) is 4.50. The van der Waals surface area contributed by atoms with E-state index in [1.165, 1.54) is 24.5 Å². The summed E-state index contributed by atoms with van der Waals surface area (Å²) in [6, 6.07) is 4.33. The Bertz CT molecular complexity index is 769. The molecule has 1 aromatic carbocycles. The number of ether oxygens (including phenoxy) is 3. The monoisotopic (exact) mass is 323 g/mol. The first-order valence-electron chi connectivity index (χ1n) is 6.67. The van der Waals surface area contributed by atoms with E-state index in [0.29, 0.717) is 5.56 Å². The molecule has 2 aromatic rings. The normalized spacial score (nSPS) is 15.1. The average Bonchev–Trinajstić information content (AvgIpc) is 3.07. The summed E-state index contributed by atoms with van der Waals surface area (Å²) in [5.74, 6) is -0.498. The Morgan fingerprint density at radius 2 is 2.09 bits per heavy atom. The number of rotatable bonds is 4. The van der Waals surface area contributed by atoms with Crippen LogP contribution in [0, 0.1) is 0 Å². The second kappa shape index (κ2) is 5.71. The first kappa shape index (κ1) is 15.0. The van der Waals surface area contributed by atoms with Crippen molar-refractivity contribution in [1.82, 2.24) is 4.98 Å². The van der Waals surface area contributed by atoms with Gasteiger partial charge in [-0.1, -0.05) is 6.07 Å². The highest BCUT2D eigenvalue weighted by Crippen LogP contribution is 2.41. The lowest BCUT2D eigenvalue weighted by molar-refractivity contribution is -0.286. The van der Waals surface area contributed by atoms with Gasteiger partial charge in [-0.15, -0.1) is 8.78 Å². The van der Waals surface area contributed by atoms with Gasteiger partial charge in [0.15, 0.2) is 17.2 Å². The predicted molar refractivity (Wildman–Crippen MR) is 74.0 cm³/mol. The maximum atomic E-state index is 12.9. The molecule has 6 nitrogen and oxygen atoms in total. The fourth-order valence-corrected chi connectivity index (χ4v) is 1.90. The SMILES string of the molecule is CCOC(=O)c1coc(/C=C/c2ccc3c(c2)OC(F)(F)O3)n1. The number of fused-ring (bicyclic) bond motifs is 1. The Morgan fingerprint density at radius 3 is 2.87 bits per heavy atom. The molecule has 0 amide bonds. The molecule has 0 aliphatic carbocycles. The summed E-state index contributed by atoms with van der Waals surface area (Å²) in [4.78, 5) is 15.4. The van der Waals surface area contributed by atoms with Crippen molar-refractivity contribution in [2.45, 2.75) is 13.2 Å². The number of carbonyl (C=O) groups is 1. The summed E-state index contributed by atoms with van der Waals surface area (Å²) >= 11 is 0. The number of hydrogen-bond acceptors (Lipinski definition) is 6. The van der Waals surface area contributed by atoms with Crippen LogP contribution >= 0.6 is 0 Å². The Morgan fingerprint density at radius 1 is 1.30 bits per heavy atom. The average molecular weight is 323 g/mol. The van der Waals surface area contributed by atoms with Crippen LogP contribution in [-0.2, 0) is 4.74 Å². The zero-order valence-corrected chi connectivity index (χ0v) is 11.9. The molecule has 0 unspecified atom stereocenters. The fraction of sp³-hybridized carbons (Fsp3) is 0.200. The molecule has 0 atom stereocenters. The Kier molecular flexibility index (Phi) is 3.73. The molecule has 2 heterocycles. The number of esters is 1. The Labute approximate surface area is 129 Å². The van der Waals surface area contributed by atoms with Crippen molar-refractivity contribution in [2.24, 2.45) is 0 Å². The van der Waals surface area contributed by atoms with Crippen LogP contribution < -0.4 is 9.47 Å². The molecule has 1 aromatic heterocycles. The van der Waals surface area contributed by atoms with Crippen molar-refractivity contribution in [2.75, 3.05) is 6.61 Å². The fourth-order valence-electron chi connectivity index (χ4n) is 1.90. The van der Waals surface area contributed by atoms with E-state index in [1.54, 1.807) is 19.1 Å². The number of benzene rings is 1. The van der Waals surface area contributed by atoms with Crippen LogP contribution in [0.1, 0.15) is 28.9 Å². The van der Waals surface area contributed by atoms with E-state index in [0.717, 1.165) is 0 Å². The van der Waals surface area contributed by atoms with Crippen molar-refractivity contribution in [1.29, 1.82) is 0 Å². The molecule has 1 aliphatic rings. The lowest BCUT2D eigenvalue weighted by Crippen LogP contribution is -2.25. The van der Waals surface area contributed by atoms with Gasteiger partial charge in [-0.25, -0.2) is 9.78 Å². The molecule has 0 fully saturated rings. The lowest BCUT2D eigenvalue weighted by atomic mass is 10.2. The first-order chi connectivity index (χ1) is 11.0. The van der Waals surface area contributed by atoms with E-state index in [4.69, 9.17) is 9.15 Å². The number of alkyl halides is 2. The van der Waals surface area contributed by atoms with Crippen molar-refractivity contribution in [3.05, 3.63) is 41.6 Å². The van der Waals surface area contributed by atoms with Crippen molar-refractivity contribution in [3.8, 4) is 11.5 Å². The van der Waals surface area contributed by atoms with E-state index in [2.05, 4.69) is 14.5 Å². The number of carbonyl (C=O) groups excluding carboxylic acids is 1. The van der Waals surface area contributed by atoms with Gasteiger partial charge in [-0.3, -0.25) is 0 Å². The minimum Gasteiger partial charge on any atom is -0.461 e. The zero-order valence-electron chi connectivity index (χ0n) is 11.9. The van der Waals surface area contributed by atoms with Gasteiger partial charge >= 0.3 is 12.3 Å². The number of nitrogens with zero attached hydrogens (tertiary/aromatic N) is 1. The zero-order chi connectivity index (χ0) is 16.4. The molecule has 0 saturated heterocycles. The van der Waals surface area contributed by atoms with Gasteiger partial charge in [0.1, 0.15) is 6.26 Å². The molecule has 8 heteroatoms. The van der Waals surface area contributed by atoms with E-state index < -0.39 is 12.3 Å². The van der Waals surface area contributed by atoms with Crippen LogP contribution in [0.4, 0.5) is 8.78 Å². The highest BCUT2D eigenvalue weighted by Gasteiger charge is 2.43. The summed E-state index contributed by atoms with van der Waals surface area (Å²) in [7, 11) is 0. The summed E-state index contributed by atoms with van der Waals surface area (Å²) in [5.41, 5.74) is 0.623. The molecule has 0 spiro atoms. The third-order valence-electron chi connectivity index (χ3n) is 2.85. The maximum absolute atomic E-state index is 12.9.